The quantitative estimate of drug-likeness (QED) is 0.826. The molecule has 18 heavy (non-hydrogen) atoms. The highest BCUT2D eigenvalue weighted by Crippen LogP contribution is 2.22. The lowest BCUT2D eigenvalue weighted by Gasteiger charge is -2.20. The van der Waals surface area contributed by atoms with Crippen molar-refractivity contribution < 1.29 is 8.42 Å². The monoisotopic (exact) mass is 269 g/mol. The van der Waals surface area contributed by atoms with Gasteiger partial charge in [0.2, 0.25) is 0 Å². The fraction of sp³-hybridized carbons (Fsp3) is 0.571. The van der Waals surface area contributed by atoms with Gasteiger partial charge < -0.3 is 5.32 Å². The second-order valence-corrected chi connectivity index (χ2v) is 6.84. The molecule has 0 saturated heterocycles. The lowest BCUT2D eigenvalue weighted by Crippen LogP contribution is -2.24. The highest BCUT2D eigenvalue weighted by atomic mass is 32.2. The Labute approximate surface area is 111 Å². The third-order valence-corrected chi connectivity index (χ3v) is 4.02. The summed E-state index contributed by atoms with van der Waals surface area (Å²) in [6.45, 7) is 5.01. The first-order valence-corrected chi connectivity index (χ1v) is 8.53. The van der Waals surface area contributed by atoms with Crippen LogP contribution in [0.5, 0.6) is 0 Å². The average molecular weight is 269 g/mol. The van der Waals surface area contributed by atoms with Crippen LogP contribution in [0.15, 0.2) is 24.3 Å². The number of sulfone groups is 1. The summed E-state index contributed by atoms with van der Waals surface area (Å²) < 4.78 is 22.6. The van der Waals surface area contributed by atoms with Gasteiger partial charge in [-0.05, 0) is 30.5 Å². The molecule has 1 atom stereocenters. The third kappa shape index (κ3) is 4.78. The van der Waals surface area contributed by atoms with Gasteiger partial charge in [-0.1, -0.05) is 38.1 Å². The van der Waals surface area contributed by atoms with Crippen LogP contribution in [-0.2, 0) is 16.3 Å². The maximum absolute atomic E-state index is 11.3. The van der Waals surface area contributed by atoms with Gasteiger partial charge in [-0.2, -0.15) is 0 Å². The SMILES string of the molecule is CCNC(CCS(C)(=O)=O)c1ccccc1CC. The molecule has 0 spiro atoms. The zero-order valence-corrected chi connectivity index (χ0v) is 12.3. The van der Waals surface area contributed by atoms with E-state index in [2.05, 4.69) is 24.4 Å². The smallest absolute Gasteiger partial charge is 0.147 e. The molecule has 0 aromatic heterocycles. The number of hydrogen-bond donors (Lipinski definition) is 1. The van der Waals surface area contributed by atoms with E-state index in [1.165, 1.54) is 17.4 Å². The molecule has 0 aliphatic heterocycles. The van der Waals surface area contributed by atoms with Crippen molar-refractivity contribution in [3.05, 3.63) is 35.4 Å². The van der Waals surface area contributed by atoms with Gasteiger partial charge in [0, 0.05) is 12.3 Å². The van der Waals surface area contributed by atoms with Gasteiger partial charge >= 0.3 is 0 Å². The molecule has 102 valence electrons. The minimum absolute atomic E-state index is 0.126. The van der Waals surface area contributed by atoms with Crippen LogP contribution in [0.2, 0.25) is 0 Å². The van der Waals surface area contributed by atoms with Crippen LogP contribution < -0.4 is 5.32 Å². The summed E-state index contributed by atoms with van der Waals surface area (Å²) in [5, 5.41) is 3.38. The Morgan fingerprint density at radius 2 is 1.89 bits per heavy atom. The second kappa shape index (κ2) is 6.90. The number of aryl methyl sites for hydroxylation is 1. The Kier molecular flexibility index (Phi) is 5.82. The van der Waals surface area contributed by atoms with Gasteiger partial charge in [-0.25, -0.2) is 8.42 Å². The molecule has 1 N–H and O–H groups in total. The predicted molar refractivity (Wildman–Crippen MR) is 76.6 cm³/mol. The van der Waals surface area contributed by atoms with Crippen molar-refractivity contribution in [2.24, 2.45) is 0 Å². The molecule has 0 amide bonds. The first kappa shape index (κ1) is 15.2. The van der Waals surface area contributed by atoms with Crippen LogP contribution in [-0.4, -0.2) is 27.0 Å². The molecule has 0 radical (unpaired) electrons. The highest BCUT2D eigenvalue weighted by Gasteiger charge is 2.15. The lowest BCUT2D eigenvalue weighted by atomic mass is 9.97. The Balaban J connectivity index is 2.89. The van der Waals surface area contributed by atoms with E-state index >= 15 is 0 Å². The van der Waals surface area contributed by atoms with Crippen LogP contribution in [0.3, 0.4) is 0 Å². The second-order valence-electron chi connectivity index (χ2n) is 4.58. The maximum atomic E-state index is 11.3. The first-order valence-electron chi connectivity index (χ1n) is 6.46. The van der Waals surface area contributed by atoms with Gasteiger partial charge in [-0.3, -0.25) is 0 Å². The first-order chi connectivity index (χ1) is 8.48. The highest BCUT2D eigenvalue weighted by molar-refractivity contribution is 7.90. The third-order valence-electron chi connectivity index (χ3n) is 3.04. The molecule has 3 nitrogen and oxygen atoms in total. The van der Waals surface area contributed by atoms with E-state index in [0.29, 0.717) is 6.42 Å². The summed E-state index contributed by atoms with van der Waals surface area (Å²) in [5.74, 6) is 0.225. The predicted octanol–water partition coefficient (Wildman–Crippen LogP) is 2.33. The van der Waals surface area contributed by atoms with Crippen LogP contribution in [0.25, 0.3) is 0 Å². The van der Waals surface area contributed by atoms with Crippen molar-refractivity contribution in [3.8, 4) is 0 Å². The van der Waals surface area contributed by atoms with Gasteiger partial charge in [0.25, 0.3) is 0 Å². The zero-order valence-electron chi connectivity index (χ0n) is 11.4. The molecule has 0 fully saturated rings. The fourth-order valence-corrected chi connectivity index (χ4v) is 2.81. The molecule has 0 aliphatic carbocycles. The Bertz CT molecular complexity index is 468. The van der Waals surface area contributed by atoms with E-state index in [9.17, 15) is 8.42 Å². The lowest BCUT2D eigenvalue weighted by molar-refractivity contribution is 0.526. The van der Waals surface area contributed by atoms with E-state index in [-0.39, 0.29) is 11.8 Å². The average Bonchev–Trinajstić information content (AvgIpc) is 2.33. The molecule has 1 unspecified atom stereocenters. The summed E-state index contributed by atoms with van der Waals surface area (Å²) in [5.41, 5.74) is 2.52. The topological polar surface area (TPSA) is 46.2 Å². The normalized spacial score (nSPS) is 13.5. The van der Waals surface area contributed by atoms with Gasteiger partial charge in [0.1, 0.15) is 9.84 Å². The van der Waals surface area contributed by atoms with Crippen molar-refractivity contribution in [1.29, 1.82) is 0 Å². The van der Waals surface area contributed by atoms with E-state index < -0.39 is 9.84 Å². The van der Waals surface area contributed by atoms with Crippen molar-refractivity contribution in [2.45, 2.75) is 32.7 Å². The molecule has 0 bridgehead atoms. The summed E-state index contributed by atoms with van der Waals surface area (Å²) in [6.07, 6.45) is 2.89. The summed E-state index contributed by atoms with van der Waals surface area (Å²) in [4.78, 5) is 0. The van der Waals surface area contributed by atoms with Crippen molar-refractivity contribution in [1.82, 2.24) is 5.32 Å². The van der Waals surface area contributed by atoms with Crippen molar-refractivity contribution in [2.75, 3.05) is 18.6 Å². The molecule has 1 rings (SSSR count). The Morgan fingerprint density at radius 1 is 1.22 bits per heavy atom. The molecule has 4 heteroatoms. The van der Waals surface area contributed by atoms with Crippen molar-refractivity contribution >= 4 is 9.84 Å². The van der Waals surface area contributed by atoms with E-state index in [0.717, 1.165) is 13.0 Å². The zero-order chi connectivity index (χ0) is 13.6. The van der Waals surface area contributed by atoms with Crippen LogP contribution >= 0.6 is 0 Å². The molecular formula is C14H23NO2S. The largest absolute Gasteiger partial charge is 0.310 e. The summed E-state index contributed by atoms with van der Waals surface area (Å²) in [7, 11) is -2.91. The standard InChI is InChI=1S/C14H23NO2S/c1-4-12-8-6-7-9-13(12)14(15-5-2)10-11-18(3,16)17/h6-9,14-15H,4-5,10-11H2,1-3H3. The summed E-state index contributed by atoms with van der Waals surface area (Å²) in [6, 6.07) is 8.37. The van der Waals surface area contributed by atoms with Gasteiger partial charge in [-0.15, -0.1) is 0 Å². The minimum Gasteiger partial charge on any atom is -0.310 e. The Morgan fingerprint density at radius 3 is 2.44 bits per heavy atom. The number of nitrogens with one attached hydrogen (secondary N) is 1. The van der Waals surface area contributed by atoms with E-state index in [4.69, 9.17) is 0 Å². The number of rotatable bonds is 7. The number of benzene rings is 1. The van der Waals surface area contributed by atoms with Gasteiger partial charge in [0.05, 0.1) is 5.75 Å². The summed E-state index contributed by atoms with van der Waals surface area (Å²) >= 11 is 0. The fourth-order valence-electron chi connectivity index (χ4n) is 2.14. The molecule has 0 aliphatic rings. The van der Waals surface area contributed by atoms with Crippen LogP contribution in [0.4, 0.5) is 0 Å². The van der Waals surface area contributed by atoms with Crippen LogP contribution in [0.1, 0.15) is 37.4 Å². The van der Waals surface area contributed by atoms with E-state index in [1.807, 2.05) is 19.1 Å². The van der Waals surface area contributed by atoms with E-state index in [1.54, 1.807) is 0 Å². The molecule has 1 aromatic carbocycles. The number of hydrogen-bond acceptors (Lipinski definition) is 3. The minimum atomic E-state index is -2.91. The molecular weight excluding hydrogens is 246 g/mol. The van der Waals surface area contributed by atoms with Crippen molar-refractivity contribution in [3.63, 3.8) is 0 Å². The Hall–Kier alpha value is -0.870. The molecule has 0 saturated carbocycles. The van der Waals surface area contributed by atoms with Crippen LogP contribution in [0, 0.1) is 0 Å². The molecule has 0 heterocycles. The maximum Gasteiger partial charge on any atom is 0.147 e. The van der Waals surface area contributed by atoms with Gasteiger partial charge in [0.15, 0.2) is 0 Å². The molecule has 1 aromatic rings.